The summed E-state index contributed by atoms with van der Waals surface area (Å²) >= 11 is 5.90. The Morgan fingerprint density at radius 2 is 1.90 bits per heavy atom. The molecule has 1 aliphatic rings. The number of amides is 1. The van der Waals surface area contributed by atoms with Gasteiger partial charge in [0, 0.05) is 35.8 Å². The van der Waals surface area contributed by atoms with Gasteiger partial charge in [-0.05, 0) is 74.1 Å². The van der Waals surface area contributed by atoms with Crippen LogP contribution in [0.4, 0.5) is 11.4 Å². The highest BCUT2D eigenvalue weighted by molar-refractivity contribution is 7.80. The molecular weight excluding hydrogens is 510 g/mol. The topological polar surface area (TPSA) is 91.7 Å². The van der Waals surface area contributed by atoms with E-state index < -0.39 is 0 Å². The molecule has 0 radical (unpaired) electrons. The maximum absolute atomic E-state index is 12.1. The highest BCUT2D eigenvalue weighted by atomic mass is 32.1. The molecule has 1 fully saturated rings. The Labute approximate surface area is 233 Å². The average molecular weight is 542 g/mol. The second-order valence-electron chi connectivity index (χ2n) is 9.43. The van der Waals surface area contributed by atoms with Gasteiger partial charge in [-0.2, -0.15) is 0 Å². The summed E-state index contributed by atoms with van der Waals surface area (Å²) in [5, 5.41) is 17.6. The maximum Gasteiger partial charge on any atom is 0.224 e. The standard InChI is InChI=1S/C30H31N5O3S/c1-5-27(37)32-22-14-13-20(17-26(22)38-4)35-29(28(33-30(35)39)23-10-8-9-15-31-23)21-16-18(2)34(19(21)3)24-11-6-7-12-25(24)36/h6-17,28-29,36H,5H2,1-4H3,(H,32,37)(H,33,39)/t28-,29+/m0/s1. The van der Waals surface area contributed by atoms with Crippen LogP contribution in [0.15, 0.2) is 72.9 Å². The van der Waals surface area contributed by atoms with Gasteiger partial charge in [-0.25, -0.2) is 0 Å². The van der Waals surface area contributed by atoms with Crippen molar-refractivity contribution in [2.75, 3.05) is 17.3 Å². The zero-order valence-electron chi connectivity index (χ0n) is 22.3. The molecule has 1 aliphatic heterocycles. The fourth-order valence-corrected chi connectivity index (χ4v) is 5.58. The van der Waals surface area contributed by atoms with Crippen LogP contribution in [0.5, 0.6) is 11.5 Å². The molecule has 1 saturated heterocycles. The lowest BCUT2D eigenvalue weighted by molar-refractivity contribution is -0.115. The molecule has 3 N–H and O–H groups in total. The number of rotatable bonds is 7. The van der Waals surface area contributed by atoms with Crippen molar-refractivity contribution in [2.24, 2.45) is 0 Å². The summed E-state index contributed by atoms with van der Waals surface area (Å²) in [6, 6.07) is 20.5. The average Bonchev–Trinajstić information content (AvgIpc) is 3.44. The van der Waals surface area contributed by atoms with Crippen LogP contribution >= 0.6 is 12.2 Å². The van der Waals surface area contributed by atoms with Crippen LogP contribution in [0.1, 0.15) is 48.1 Å². The Morgan fingerprint density at radius 1 is 1.13 bits per heavy atom. The zero-order chi connectivity index (χ0) is 27.7. The predicted octanol–water partition coefficient (Wildman–Crippen LogP) is 5.73. The third-order valence-corrected chi connectivity index (χ3v) is 7.38. The van der Waals surface area contributed by atoms with Crippen molar-refractivity contribution in [3.05, 3.63) is 95.6 Å². The first kappa shape index (κ1) is 26.2. The fourth-order valence-electron chi connectivity index (χ4n) is 5.23. The number of para-hydroxylation sites is 2. The van der Waals surface area contributed by atoms with Crippen molar-refractivity contribution < 1.29 is 14.6 Å². The van der Waals surface area contributed by atoms with Gasteiger partial charge in [-0.3, -0.25) is 9.78 Å². The van der Waals surface area contributed by atoms with Gasteiger partial charge in [0.1, 0.15) is 11.5 Å². The Balaban J connectivity index is 1.66. The minimum atomic E-state index is -0.251. The molecule has 8 nitrogen and oxygen atoms in total. The number of pyridine rings is 1. The lowest BCUT2D eigenvalue weighted by Gasteiger charge is -2.29. The van der Waals surface area contributed by atoms with E-state index in [0.717, 1.165) is 28.3 Å². The zero-order valence-corrected chi connectivity index (χ0v) is 23.1. The van der Waals surface area contributed by atoms with Crippen molar-refractivity contribution in [2.45, 2.75) is 39.3 Å². The van der Waals surface area contributed by atoms with E-state index in [-0.39, 0.29) is 23.7 Å². The molecule has 200 valence electrons. The lowest BCUT2D eigenvalue weighted by Crippen LogP contribution is -2.29. The number of carbonyl (C=O) groups is 1. The summed E-state index contributed by atoms with van der Waals surface area (Å²) in [5.74, 6) is 0.652. The molecule has 0 spiro atoms. The number of aromatic hydroxyl groups is 1. The summed E-state index contributed by atoms with van der Waals surface area (Å²) in [6.07, 6.45) is 2.14. The quantitative estimate of drug-likeness (QED) is 0.258. The van der Waals surface area contributed by atoms with Crippen molar-refractivity contribution in [1.29, 1.82) is 0 Å². The van der Waals surface area contributed by atoms with E-state index in [4.69, 9.17) is 17.0 Å². The van der Waals surface area contributed by atoms with Crippen LogP contribution in [0.2, 0.25) is 0 Å². The van der Waals surface area contributed by atoms with E-state index in [2.05, 4.69) is 31.2 Å². The summed E-state index contributed by atoms with van der Waals surface area (Å²) in [5.41, 5.74) is 5.99. The molecule has 5 rings (SSSR count). The lowest BCUT2D eigenvalue weighted by atomic mass is 9.96. The number of hydrogen-bond acceptors (Lipinski definition) is 5. The number of anilines is 2. The molecule has 39 heavy (non-hydrogen) atoms. The van der Waals surface area contributed by atoms with Gasteiger partial charge in [0.15, 0.2) is 5.11 Å². The van der Waals surface area contributed by atoms with Crippen LogP contribution in [-0.4, -0.2) is 32.8 Å². The number of aromatic nitrogens is 2. The summed E-state index contributed by atoms with van der Waals surface area (Å²) in [7, 11) is 1.58. The second kappa shape index (κ2) is 10.8. The van der Waals surface area contributed by atoms with Gasteiger partial charge in [-0.1, -0.05) is 25.1 Å². The predicted molar refractivity (Wildman–Crippen MR) is 157 cm³/mol. The normalized spacial score (nSPS) is 16.7. The fraction of sp³-hybridized carbons (Fsp3) is 0.233. The summed E-state index contributed by atoms with van der Waals surface area (Å²) in [4.78, 5) is 18.8. The largest absolute Gasteiger partial charge is 0.506 e. The number of hydrogen-bond donors (Lipinski definition) is 3. The summed E-state index contributed by atoms with van der Waals surface area (Å²) < 4.78 is 7.71. The molecule has 2 aromatic carbocycles. The van der Waals surface area contributed by atoms with Crippen LogP contribution in [0.25, 0.3) is 5.69 Å². The summed E-state index contributed by atoms with van der Waals surface area (Å²) in [6.45, 7) is 5.88. The molecule has 2 aromatic heterocycles. The smallest absolute Gasteiger partial charge is 0.224 e. The Kier molecular flexibility index (Phi) is 7.26. The highest BCUT2D eigenvalue weighted by Crippen LogP contribution is 2.45. The van der Waals surface area contributed by atoms with Crippen LogP contribution in [0, 0.1) is 13.8 Å². The SMILES string of the molecule is CCC(=O)Nc1ccc(N2C(=S)N[C@@H](c3ccccn3)[C@H]2c2cc(C)n(-c3ccccc3O)c2C)cc1OC. The van der Waals surface area contributed by atoms with Crippen molar-refractivity contribution >= 4 is 34.6 Å². The van der Waals surface area contributed by atoms with Gasteiger partial charge in [-0.15, -0.1) is 0 Å². The molecule has 0 bridgehead atoms. The van der Waals surface area contributed by atoms with Crippen LogP contribution in [0.3, 0.4) is 0 Å². The van der Waals surface area contributed by atoms with E-state index in [9.17, 15) is 9.90 Å². The van der Waals surface area contributed by atoms with Crippen molar-refractivity contribution in [3.8, 4) is 17.2 Å². The molecular formula is C30H31N5O3S. The molecule has 1 amide bonds. The van der Waals surface area contributed by atoms with E-state index in [1.807, 2.05) is 68.4 Å². The first-order chi connectivity index (χ1) is 18.8. The molecule has 0 aliphatic carbocycles. The van der Waals surface area contributed by atoms with Gasteiger partial charge in [0.25, 0.3) is 0 Å². The molecule has 0 saturated carbocycles. The van der Waals surface area contributed by atoms with Gasteiger partial charge < -0.3 is 29.9 Å². The van der Waals surface area contributed by atoms with Crippen LogP contribution in [-0.2, 0) is 4.79 Å². The number of phenols is 1. The number of thiocarbonyl (C=S) groups is 1. The van der Waals surface area contributed by atoms with E-state index in [1.165, 1.54) is 0 Å². The second-order valence-corrected chi connectivity index (χ2v) is 9.82. The minimum Gasteiger partial charge on any atom is -0.506 e. The van der Waals surface area contributed by atoms with E-state index >= 15 is 0 Å². The third kappa shape index (κ3) is 4.81. The minimum absolute atomic E-state index is 0.0934. The molecule has 2 atom stereocenters. The Bertz CT molecular complexity index is 1540. The van der Waals surface area contributed by atoms with Crippen molar-refractivity contribution in [3.63, 3.8) is 0 Å². The number of aryl methyl sites for hydroxylation is 1. The Hall–Kier alpha value is -4.37. The number of methoxy groups -OCH3 is 1. The highest BCUT2D eigenvalue weighted by Gasteiger charge is 2.42. The van der Waals surface area contributed by atoms with Gasteiger partial charge >= 0.3 is 0 Å². The Morgan fingerprint density at radius 3 is 2.59 bits per heavy atom. The monoisotopic (exact) mass is 541 g/mol. The van der Waals surface area contributed by atoms with E-state index in [0.29, 0.717) is 28.7 Å². The first-order valence-electron chi connectivity index (χ1n) is 12.8. The molecule has 3 heterocycles. The number of phenolic OH excluding ortho intramolecular Hbond substituents is 1. The molecule has 4 aromatic rings. The number of benzene rings is 2. The third-order valence-electron chi connectivity index (χ3n) is 7.07. The van der Waals surface area contributed by atoms with Gasteiger partial charge in [0.05, 0.1) is 36.3 Å². The molecule has 9 heteroatoms. The number of carbonyl (C=O) groups excluding carboxylic acids is 1. The number of nitrogens with one attached hydrogen (secondary N) is 2. The number of ether oxygens (including phenoxy) is 1. The maximum atomic E-state index is 12.1. The van der Waals surface area contributed by atoms with E-state index in [1.54, 1.807) is 26.3 Å². The number of nitrogens with zero attached hydrogens (tertiary/aromatic N) is 3. The first-order valence-corrected chi connectivity index (χ1v) is 13.2. The van der Waals surface area contributed by atoms with Crippen molar-refractivity contribution in [1.82, 2.24) is 14.9 Å². The van der Waals surface area contributed by atoms with Gasteiger partial charge in [0.2, 0.25) is 5.91 Å². The molecule has 0 unspecified atom stereocenters. The van der Waals surface area contributed by atoms with Crippen LogP contribution < -0.4 is 20.3 Å².